The van der Waals surface area contributed by atoms with Crippen LogP contribution in [0, 0.1) is 17.8 Å². The van der Waals surface area contributed by atoms with E-state index in [4.69, 9.17) is 16.3 Å². The summed E-state index contributed by atoms with van der Waals surface area (Å²) < 4.78 is 9.79. The number of amides is 1. The second kappa shape index (κ2) is 12.2. The highest BCUT2D eigenvalue weighted by molar-refractivity contribution is 7.98. The molecule has 2 aromatic rings. The third kappa shape index (κ3) is 5.89. The molecule has 2 bridgehead atoms. The Kier molecular flexibility index (Phi) is 8.63. The van der Waals surface area contributed by atoms with Crippen molar-refractivity contribution in [2.45, 2.75) is 82.0 Å². The fourth-order valence-electron chi connectivity index (χ4n) is 7.47. The first-order chi connectivity index (χ1) is 19.9. The van der Waals surface area contributed by atoms with Gasteiger partial charge in [-0.1, -0.05) is 50.1 Å². The van der Waals surface area contributed by atoms with E-state index in [-0.39, 0.29) is 17.2 Å². The number of ether oxygens (including phenoxy) is 1. The fourth-order valence-corrected chi connectivity index (χ4v) is 8.74. The molecule has 0 unspecified atom stereocenters. The van der Waals surface area contributed by atoms with Crippen LogP contribution in [-0.4, -0.2) is 42.1 Å². The number of nitrogens with one attached hydrogen (secondary N) is 1. The maximum Gasteiger partial charge on any atom is 0.261 e. The average molecular weight is 595 g/mol. The van der Waals surface area contributed by atoms with Crippen LogP contribution in [0.15, 0.2) is 48.6 Å². The van der Waals surface area contributed by atoms with Gasteiger partial charge in [-0.15, -0.1) is 0 Å². The van der Waals surface area contributed by atoms with Crippen molar-refractivity contribution in [3.05, 3.63) is 70.3 Å². The van der Waals surface area contributed by atoms with Gasteiger partial charge in [0, 0.05) is 34.3 Å². The highest BCUT2D eigenvalue weighted by Gasteiger charge is 2.44. The van der Waals surface area contributed by atoms with Crippen molar-refractivity contribution >= 4 is 35.1 Å². The van der Waals surface area contributed by atoms with E-state index >= 15 is 0 Å². The summed E-state index contributed by atoms with van der Waals surface area (Å²) in [7, 11) is 0. The summed E-state index contributed by atoms with van der Waals surface area (Å²) in [6, 6.07) is 12.3. The maximum atomic E-state index is 13.4. The standard InChI is InChI=1S/C34H43ClN2O3S/c1-3-6-32-22(2)7-4-9-30(38)27-13-10-25(27)19-37-20-34(16-5-8-23-17-26(35)12-14-28(23)34)21-40-31-15-11-24(18-29(31)37)33(39)36-41-32/h4,9,11-12,14-15,17-18,22,25,27,30,32,38H,3,5-8,10,13,16,19-21H2,1-2H3,(H,36,39)/b9-4-/t22-,25+,27-,30+,32+,34+/m1/s1. The Morgan fingerprint density at radius 1 is 1.22 bits per heavy atom. The molecule has 1 amide bonds. The van der Waals surface area contributed by atoms with Crippen LogP contribution < -0.4 is 14.4 Å². The van der Waals surface area contributed by atoms with Crippen LogP contribution in [0.1, 0.15) is 80.3 Å². The number of rotatable bonds is 2. The van der Waals surface area contributed by atoms with Crippen molar-refractivity contribution in [1.82, 2.24) is 4.72 Å². The highest BCUT2D eigenvalue weighted by Crippen LogP contribution is 2.47. The molecule has 2 aromatic carbocycles. The summed E-state index contributed by atoms with van der Waals surface area (Å²) in [5.41, 5.74) is 4.16. The zero-order valence-electron chi connectivity index (χ0n) is 24.3. The molecular formula is C34H43ClN2O3S. The zero-order chi connectivity index (χ0) is 28.6. The van der Waals surface area contributed by atoms with Gasteiger partial charge in [0.05, 0.1) is 18.4 Å². The van der Waals surface area contributed by atoms with Crippen LogP contribution in [0.5, 0.6) is 5.75 Å². The largest absolute Gasteiger partial charge is 0.490 e. The van der Waals surface area contributed by atoms with Gasteiger partial charge in [-0.05, 0) is 116 Å². The molecular weight excluding hydrogens is 552 g/mol. The molecule has 2 aliphatic heterocycles. The molecule has 4 aliphatic rings. The monoisotopic (exact) mass is 594 g/mol. The molecule has 6 rings (SSSR count). The minimum absolute atomic E-state index is 0.0535. The van der Waals surface area contributed by atoms with E-state index in [0.29, 0.717) is 29.3 Å². The molecule has 41 heavy (non-hydrogen) atoms. The first-order valence-corrected chi connectivity index (χ1v) is 16.7. The molecule has 7 heteroatoms. The van der Waals surface area contributed by atoms with Gasteiger partial charge in [-0.3, -0.25) is 9.52 Å². The maximum absolute atomic E-state index is 13.4. The van der Waals surface area contributed by atoms with Gasteiger partial charge in [0.25, 0.3) is 5.91 Å². The summed E-state index contributed by atoms with van der Waals surface area (Å²) >= 11 is 7.97. The molecule has 1 fully saturated rings. The summed E-state index contributed by atoms with van der Waals surface area (Å²) in [6.07, 6.45) is 12.1. The van der Waals surface area contributed by atoms with Gasteiger partial charge in [0.1, 0.15) is 5.75 Å². The van der Waals surface area contributed by atoms with Gasteiger partial charge < -0.3 is 14.7 Å². The summed E-state index contributed by atoms with van der Waals surface area (Å²) in [6.45, 7) is 6.70. The van der Waals surface area contributed by atoms with Gasteiger partial charge >= 0.3 is 0 Å². The summed E-state index contributed by atoms with van der Waals surface area (Å²) in [5, 5.41) is 12.3. The number of halogens is 1. The number of nitrogens with zero attached hydrogens (tertiary/aromatic N) is 1. The molecule has 2 aliphatic carbocycles. The number of hydrogen-bond acceptors (Lipinski definition) is 5. The number of aryl methyl sites for hydroxylation is 1. The molecule has 2 N–H and O–H groups in total. The topological polar surface area (TPSA) is 61.8 Å². The van der Waals surface area contributed by atoms with Crippen LogP contribution in [-0.2, 0) is 11.8 Å². The van der Waals surface area contributed by atoms with E-state index in [9.17, 15) is 9.90 Å². The van der Waals surface area contributed by atoms with Crippen LogP contribution in [0.2, 0.25) is 5.02 Å². The number of carbonyl (C=O) groups excluding carboxylic acids is 1. The van der Waals surface area contributed by atoms with E-state index in [0.717, 1.165) is 80.9 Å². The number of carbonyl (C=O) groups is 1. The molecule has 0 saturated heterocycles. The van der Waals surface area contributed by atoms with Crippen molar-refractivity contribution in [2.75, 3.05) is 24.6 Å². The number of aliphatic hydroxyl groups is 1. The molecule has 220 valence electrons. The zero-order valence-corrected chi connectivity index (χ0v) is 25.9. The average Bonchev–Trinajstić information content (AvgIpc) is 3.09. The highest BCUT2D eigenvalue weighted by atomic mass is 35.5. The Morgan fingerprint density at radius 3 is 2.90 bits per heavy atom. The second-order valence-corrected chi connectivity index (χ2v) is 14.3. The lowest BCUT2D eigenvalue weighted by Gasteiger charge is -2.45. The fraction of sp³-hybridized carbons (Fsp3) is 0.559. The van der Waals surface area contributed by atoms with Gasteiger partial charge in [-0.2, -0.15) is 0 Å². The number of allylic oxidation sites excluding steroid dienone is 1. The Labute approximate surface area is 254 Å². The van der Waals surface area contributed by atoms with E-state index < -0.39 is 6.10 Å². The van der Waals surface area contributed by atoms with E-state index in [1.54, 1.807) is 11.9 Å². The molecule has 0 aromatic heterocycles. The number of hydrogen-bond donors (Lipinski definition) is 2. The Bertz CT molecular complexity index is 1300. The first kappa shape index (κ1) is 28.9. The van der Waals surface area contributed by atoms with E-state index in [1.807, 2.05) is 30.3 Å². The third-order valence-electron chi connectivity index (χ3n) is 10.0. The van der Waals surface area contributed by atoms with Crippen LogP contribution in [0.4, 0.5) is 5.69 Å². The predicted molar refractivity (Wildman–Crippen MR) is 169 cm³/mol. The minimum Gasteiger partial charge on any atom is -0.490 e. The lowest BCUT2D eigenvalue weighted by molar-refractivity contribution is 0.0455. The van der Waals surface area contributed by atoms with Crippen LogP contribution in [0.3, 0.4) is 0 Å². The van der Waals surface area contributed by atoms with Crippen molar-refractivity contribution in [2.24, 2.45) is 17.8 Å². The molecule has 6 atom stereocenters. The smallest absolute Gasteiger partial charge is 0.261 e. The Balaban J connectivity index is 1.38. The van der Waals surface area contributed by atoms with Crippen molar-refractivity contribution < 1.29 is 14.6 Å². The quantitative estimate of drug-likeness (QED) is 0.281. The number of benzene rings is 2. The lowest BCUT2D eigenvalue weighted by Crippen LogP contribution is -2.49. The first-order valence-electron chi connectivity index (χ1n) is 15.5. The third-order valence-corrected chi connectivity index (χ3v) is 11.6. The number of anilines is 1. The van der Waals surface area contributed by atoms with Crippen LogP contribution in [0.25, 0.3) is 0 Å². The lowest BCUT2D eigenvalue weighted by atomic mass is 9.68. The molecule has 2 heterocycles. The van der Waals surface area contributed by atoms with Crippen molar-refractivity contribution in [3.8, 4) is 5.75 Å². The predicted octanol–water partition coefficient (Wildman–Crippen LogP) is 7.34. The number of fused-ring (bicyclic) bond motifs is 4. The van der Waals surface area contributed by atoms with Crippen molar-refractivity contribution in [1.29, 1.82) is 0 Å². The second-order valence-electron chi connectivity index (χ2n) is 12.8. The molecule has 1 spiro atoms. The number of aliphatic hydroxyl groups excluding tert-OH is 1. The molecule has 1 saturated carbocycles. The summed E-state index contributed by atoms with van der Waals surface area (Å²) in [4.78, 5) is 15.9. The van der Waals surface area contributed by atoms with E-state index in [1.165, 1.54) is 11.1 Å². The van der Waals surface area contributed by atoms with Gasteiger partial charge in [0.2, 0.25) is 0 Å². The van der Waals surface area contributed by atoms with Gasteiger partial charge in [-0.25, -0.2) is 0 Å². The Morgan fingerprint density at radius 2 is 2.10 bits per heavy atom. The Hall–Kier alpha value is -2.15. The summed E-state index contributed by atoms with van der Waals surface area (Å²) in [5.74, 6) is 1.82. The normalized spacial score (nSPS) is 32.5. The minimum atomic E-state index is -0.425. The van der Waals surface area contributed by atoms with E-state index in [2.05, 4.69) is 41.7 Å². The van der Waals surface area contributed by atoms with Crippen LogP contribution >= 0.6 is 23.5 Å². The van der Waals surface area contributed by atoms with Gasteiger partial charge in [0.15, 0.2) is 0 Å². The molecule has 0 radical (unpaired) electrons. The molecule has 5 nitrogen and oxygen atoms in total. The van der Waals surface area contributed by atoms with Crippen molar-refractivity contribution in [3.63, 3.8) is 0 Å². The SMILES string of the molecule is CCC[C@@H]1SNC(=O)c2ccc3c(c2)N(C[C@@H]2CC[C@H]2[C@@H](O)/C=C\C[C@H]1C)C[C@@]1(CCCc2cc(Cl)ccc21)CO3.